The third-order valence-corrected chi connectivity index (χ3v) is 4.37. The van der Waals surface area contributed by atoms with Crippen molar-refractivity contribution in [2.45, 2.75) is 4.90 Å². The maximum Gasteiger partial charge on any atom is 0.337 e. The smallest absolute Gasteiger partial charge is 0.337 e. The van der Waals surface area contributed by atoms with Gasteiger partial charge in [0.25, 0.3) is 0 Å². The number of carboxylic acid groups (broad SMARTS) is 1. The van der Waals surface area contributed by atoms with Gasteiger partial charge in [-0.1, -0.05) is 11.6 Å². The summed E-state index contributed by atoms with van der Waals surface area (Å²) in [7, 11) is -1.42. The molecule has 0 aliphatic carbocycles. The van der Waals surface area contributed by atoms with Crippen LogP contribution in [0.4, 0.5) is 4.39 Å². The molecule has 6 nitrogen and oxygen atoms in total. The Balaban J connectivity index is 3.33. The first-order chi connectivity index (χ1) is 9.06. The highest BCUT2D eigenvalue weighted by Crippen LogP contribution is 2.25. The first-order valence-corrected chi connectivity index (χ1v) is 7.24. The minimum atomic E-state index is -4.15. The summed E-state index contributed by atoms with van der Waals surface area (Å²) < 4.78 is 37.3. The van der Waals surface area contributed by atoms with E-state index in [9.17, 15) is 22.4 Å². The third-order valence-electron chi connectivity index (χ3n) is 2.40. The van der Waals surface area contributed by atoms with Crippen LogP contribution < -0.4 is 0 Å². The van der Waals surface area contributed by atoms with Crippen molar-refractivity contribution in [3.8, 4) is 0 Å². The van der Waals surface area contributed by atoms with Crippen molar-refractivity contribution in [1.82, 2.24) is 4.90 Å². The second kappa shape index (κ2) is 5.76. The molecule has 0 heterocycles. The van der Waals surface area contributed by atoms with E-state index in [0.717, 1.165) is 11.0 Å². The predicted octanol–water partition coefficient (Wildman–Crippen LogP) is 1.04. The Morgan fingerprint density at radius 1 is 1.35 bits per heavy atom. The number of rotatable bonds is 4. The topological polar surface area (TPSA) is 91.8 Å². The largest absolute Gasteiger partial charge is 0.478 e. The molecular weight excluding hydrogens is 313 g/mol. The van der Waals surface area contributed by atoms with Crippen molar-refractivity contribution < 1.29 is 27.5 Å². The first kappa shape index (κ1) is 16.4. The van der Waals surface area contributed by atoms with E-state index in [2.05, 4.69) is 0 Å². The minimum absolute atomic E-state index is 0.590. The van der Waals surface area contributed by atoms with E-state index in [1.165, 1.54) is 14.1 Å². The van der Waals surface area contributed by atoms with E-state index in [-0.39, 0.29) is 0 Å². The van der Waals surface area contributed by atoms with Crippen molar-refractivity contribution in [3.63, 3.8) is 0 Å². The molecule has 0 aliphatic heterocycles. The number of hydrogen-bond acceptors (Lipinski definition) is 4. The Morgan fingerprint density at radius 3 is 2.35 bits per heavy atom. The highest BCUT2D eigenvalue weighted by molar-refractivity contribution is 7.92. The Hall–Kier alpha value is -1.67. The fourth-order valence-electron chi connectivity index (χ4n) is 1.27. The Morgan fingerprint density at radius 2 is 1.90 bits per heavy atom. The van der Waals surface area contributed by atoms with Gasteiger partial charge in [0.1, 0.15) is 11.6 Å². The van der Waals surface area contributed by atoms with Gasteiger partial charge in [0.2, 0.25) is 5.91 Å². The van der Waals surface area contributed by atoms with E-state index in [1.54, 1.807) is 0 Å². The molecule has 0 aromatic heterocycles. The molecule has 0 radical (unpaired) electrons. The van der Waals surface area contributed by atoms with Gasteiger partial charge in [0.15, 0.2) is 9.84 Å². The van der Waals surface area contributed by atoms with Gasteiger partial charge in [0, 0.05) is 14.1 Å². The van der Waals surface area contributed by atoms with Gasteiger partial charge in [-0.05, 0) is 12.1 Å². The zero-order valence-electron chi connectivity index (χ0n) is 10.6. The molecule has 1 amide bonds. The molecule has 0 aliphatic rings. The van der Waals surface area contributed by atoms with Gasteiger partial charge in [-0.15, -0.1) is 0 Å². The standard InChI is InChI=1S/C11H11ClFNO5S/c1-14(2)9(15)5-20(18,19)6-3-7(11(16)17)10(12)8(13)4-6/h3-4H,5H2,1-2H3,(H,16,17). The van der Waals surface area contributed by atoms with E-state index in [1.807, 2.05) is 0 Å². The number of hydrogen-bond donors (Lipinski definition) is 1. The first-order valence-electron chi connectivity index (χ1n) is 5.21. The van der Waals surface area contributed by atoms with Crippen molar-refractivity contribution >= 4 is 33.3 Å². The average Bonchev–Trinajstić information content (AvgIpc) is 2.31. The summed E-state index contributed by atoms with van der Waals surface area (Å²) in [6, 6.07) is 1.32. The molecule has 0 unspecified atom stereocenters. The number of carboxylic acids is 1. The third kappa shape index (κ3) is 3.45. The van der Waals surface area contributed by atoms with Gasteiger partial charge < -0.3 is 10.0 Å². The lowest BCUT2D eigenvalue weighted by Gasteiger charge is -2.11. The van der Waals surface area contributed by atoms with Crippen LogP contribution in [0.15, 0.2) is 17.0 Å². The van der Waals surface area contributed by atoms with Crippen molar-refractivity contribution in [3.05, 3.63) is 28.5 Å². The molecular formula is C11H11ClFNO5S. The Bertz CT molecular complexity index is 672. The summed E-state index contributed by atoms with van der Waals surface area (Å²) in [5.74, 6) is -4.34. The van der Waals surface area contributed by atoms with Gasteiger partial charge >= 0.3 is 5.97 Å². The maximum atomic E-state index is 13.5. The second-order valence-electron chi connectivity index (χ2n) is 4.12. The number of sulfone groups is 1. The quantitative estimate of drug-likeness (QED) is 0.893. The van der Waals surface area contributed by atoms with E-state index in [4.69, 9.17) is 16.7 Å². The number of amides is 1. The summed E-state index contributed by atoms with van der Waals surface area (Å²) in [5, 5.41) is 8.14. The predicted molar refractivity (Wildman–Crippen MR) is 69.1 cm³/mol. The lowest BCUT2D eigenvalue weighted by molar-refractivity contribution is -0.125. The van der Waals surface area contributed by atoms with Gasteiger partial charge in [-0.25, -0.2) is 17.6 Å². The molecule has 0 bridgehead atoms. The molecule has 110 valence electrons. The molecule has 20 heavy (non-hydrogen) atoms. The fraction of sp³-hybridized carbons (Fsp3) is 0.273. The average molecular weight is 324 g/mol. The highest BCUT2D eigenvalue weighted by Gasteiger charge is 2.24. The SMILES string of the molecule is CN(C)C(=O)CS(=O)(=O)c1cc(F)c(Cl)c(C(=O)O)c1. The van der Waals surface area contributed by atoms with Crippen LogP contribution in [-0.2, 0) is 14.6 Å². The number of aromatic carboxylic acids is 1. The summed E-state index contributed by atoms with van der Waals surface area (Å²) in [4.78, 5) is 22.7. The van der Waals surface area contributed by atoms with Crippen LogP contribution in [0.1, 0.15) is 10.4 Å². The summed E-state index contributed by atoms with van der Waals surface area (Å²) >= 11 is 5.44. The molecule has 9 heteroatoms. The van der Waals surface area contributed by atoms with E-state index < -0.39 is 48.8 Å². The van der Waals surface area contributed by atoms with Crippen LogP contribution in [0, 0.1) is 5.82 Å². The van der Waals surface area contributed by atoms with Gasteiger partial charge in [-0.2, -0.15) is 0 Å². The van der Waals surface area contributed by atoms with E-state index >= 15 is 0 Å². The number of benzene rings is 1. The molecule has 1 rings (SSSR count). The molecule has 0 spiro atoms. The molecule has 0 saturated carbocycles. The highest BCUT2D eigenvalue weighted by atomic mass is 35.5. The number of halogens is 2. The fourth-order valence-corrected chi connectivity index (χ4v) is 2.79. The van der Waals surface area contributed by atoms with Gasteiger partial charge in [-0.3, -0.25) is 4.79 Å². The van der Waals surface area contributed by atoms with Crippen LogP contribution >= 0.6 is 11.6 Å². The summed E-state index contributed by atoms with van der Waals surface area (Å²) in [5.41, 5.74) is -0.678. The van der Waals surface area contributed by atoms with Crippen LogP contribution in [0.25, 0.3) is 0 Å². The number of carbonyl (C=O) groups excluding carboxylic acids is 1. The molecule has 1 aromatic rings. The molecule has 1 N–H and O–H groups in total. The van der Waals surface area contributed by atoms with Crippen molar-refractivity contribution in [1.29, 1.82) is 0 Å². The van der Waals surface area contributed by atoms with Gasteiger partial charge in [0.05, 0.1) is 15.5 Å². The molecule has 0 fully saturated rings. The Labute approximate surface area is 119 Å². The maximum absolute atomic E-state index is 13.5. The zero-order chi connectivity index (χ0) is 15.7. The zero-order valence-corrected chi connectivity index (χ0v) is 12.1. The molecule has 1 aromatic carbocycles. The minimum Gasteiger partial charge on any atom is -0.478 e. The lowest BCUT2D eigenvalue weighted by atomic mass is 10.2. The summed E-state index contributed by atoms with van der Waals surface area (Å²) in [6.07, 6.45) is 0. The summed E-state index contributed by atoms with van der Waals surface area (Å²) in [6.45, 7) is 0. The number of nitrogens with zero attached hydrogens (tertiary/aromatic N) is 1. The molecule has 0 saturated heterocycles. The van der Waals surface area contributed by atoms with Crippen LogP contribution in [0.2, 0.25) is 5.02 Å². The number of carbonyl (C=O) groups is 2. The second-order valence-corrected chi connectivity index (χ2v) is 6.49. The van der Waals surface area contributed by atoms with Crippen LogP contribution in [-0.4, -0.2) is 50.1 Å². The normalized spacial score (nSPS) is 11.2. The Kier molecular flexibility index (Phi) is 4.72. The van der Waals surface area contributed by atoms with Crippen LogP contribution in [0.5, 0.6) is 0 Å². The lowest BCUT2D eigenvalue weighted by Crippen LogP contribution is -2.29. The van der Waals surface area contributed by atoms with Crippen LogP contribution in [0.3, 0.4) is 0 Å². The van der Waals surface area contributed by atoms with Crippen molar-refractivity contribution in [2.24, 2.45) is 0 Å². The van der Waals surface area contributed by atoms with Crippen molar-refractivity contribution in [2.75, 3.05) is 19.8 Å². The monoisotopic (exact) mass is 323 g/mol. The molecule has 0 atom stereocenters. The van der Waals surface area contributed by atoms with E-state index in [0.29, 0.717) is 6.07 Å².